The fourth-order valence-electron chi connectivity index (χ4n) is 3.33. The molecule has 4 nitrogen and oxygen atoms in total. The number of nitrogens with zero attached hydrogens (tertiary/aromatic N) is 3. The summed E-state index contributed by atoms with van der Waals surface area (Å²) in [5.41, 5.74) is 4.41. The standard InChI is InChI=1S/C18H16BrN3O/c1-11-9-21(15-6-4-3-5-14(11)15)18(23)17-12(2)20-16-8-7-13(19)10-22(16)17/h3-8,10-11H,9H2,1-2H3. The van der Waals surface area contributed by atoms with Crippen molar-refractivity contribution >= 4 is 33.2 Å². The summed E-state index contributed by atoms with van der Waals surface area (Å²) in [6.07, 6.45) is 1.90. The summed E-state index contributed by atoms with van der Waals surface area (Å²) < 4.78 is 2.79. The predicted molar refractivity (Wildman–Crippen MR) is 94.2 cm³/mol. The molecule has 1 aromatic carbocycles. The van der Waals surface area contributed by atoms with Crippen molar-refractivity contribution in [1.29, 1.82) is 0 Å². The van der Waals surface area contributed by atoms with E-state index in [4.69, 9.17) is 0 Å². The number of rotatable bonds is 1. The number of hydrogen-bond acceptors (Lipinski definition) is 2. The largest absolute Gasteiger partial charge is 0.306 e. The SMILES string of the molecule is Cc1nc2ccc(Br)cn2c1C(=O)N1CC(C)c2ccccc21. The summed E-state index contributed by atoms with van der Waals surface area (Å²) in [7, 11) is 0. The molecule has 0 fully saturated rings. The fourth-order valence-corrected chi connectivity index (χ4v) is 3.67. The first-order valence-electron chi connectivity index (χ1n) is 7.61. The zero-order valence-corrected chi connectivity index (χ0v) is 14.5. The Hall–Kier alpha value is -2.14. The molecule has 5 heteroatoms. The Labute approximate surface area is 142 Å². The molecule has 0 radical (unpaired) electrons. The highest BCUT2D eigenvalue weighted by Gasteiger charge is 2.32. The summed E-state index contributed by atoms with van der Waals surface area (Å²) in [4.78, 5) is 19.6. The lowest BCUT2D eigenvalue weighted by atomic mass is 10.0. The molecule has 1 atom stereocenters. The van der Waals surface area contributed by atoms with E-state index in [1.807, 2.05) is 52.8 Å². The van der Waals surface area contributed by atoms with E-state index in [-0.39, 0.29) is 5.91 Å². The van der Waals surface area contributed by atoms with Gasteiger partial charge in [0.15, 0.2) is 0 Å². The normalized spacial score (nSPS) is 16.8. The minimum Gasteiger partial charge on any atom is -0.306 e. The Morgan fingerprint density at radius 3 is 2.87 bits per heavy atom. The third-order valence-electron chi connectivity index (χ3n) is 4.42. The molecule has 2 aromatic heterocycles. The number of para-hydroxylation sites is 1. The number of benzene rings is 1. The topological polar surface area (TPSA) is 37.6 Å². The molecule has 0 spiro atoms. The molecular weight excluding hydrogens is 354 g/mol. The smallest absolute Gasteiger partial charge is 0.277 e. The van der Waals surface area contributed by atoms with Crippen molar-refractivity contribution in [3.05, 3.63) is 64.0 Å². The van der Waals surface area contributed by atoms with Gasteiger partial charge in [0.25, 0.3) is 5.91 Å². The van der Waals surface area contributed by atoms with Crippen molar-refractivity contribution in [2.45, 2.75) is 19.8 Å². The lowest BCUT2D eigenvalue weighted by Crippen LogP contribution is -2.31. The number of carbonyl (C=O) groups excluding carboxylic acids is 1. The summed E-state index contributed by atoms with van der Waals surface area (Å²) in [5, 5.41) is 0. The first-order valence-corrected chi connectivity index (χ1v) is 8.40. The summed E-state index contributed by atoms with van der Waals surface area (Å²) in [6, 6.07) is 12.0. The highest BCUT2D eigenvalue weighted by molar-refractivity contribution is 9.10. The highest BCUT2D eigenvalue weighted by Crippen LogP contribution is 2.36. The molecule has 0 saturated carbocycles. The number of pyridine rings is 1. The molecule has 3 aromatic rings. The maximum absolute atomic E-state index is 13.2. The number of amides is 1. The van der Waals surface area contributed by atoms with Gasteiger partial charge in [-0.05, 0) is 46.6 Å². The van der Waals surface area contributed by atoms with Crippen LogP contribution in [-0.2, 0) is 0 Å². The van der Waals surface area contributed by atoms with Gasteiger partial charge in [-0.2, -0.15) is 0 Å². The Morgan fingerprint density at radius 2 is 2.04 bits per heavy atom. The van der Waals surface area contributed by atoms with Crippen molar-refractivity contribution < 1.29 is 4.79 Å². The van der Waals surface area contributed by atoms with Gasteiger partial charge in [-0.3, -0.25) is 9.20 Å². The molecule has 4 rings (SSSR count). The number of aryl methyl sites for hydroxylation is 1. The van der Waals surface area contributed by atoms with Crippen LogP contribution in [0.1, 0.15) is 34.6 Å². The number of imidazole rings is 1. The number of halogens is 1. The van der Waals surface area contributed by atoms with Gasteiger partial charge < -0.3 is 4.90 Å². The monoisotopic (exact) mass is 369 g/mol. The molecule has 0 N–H and O–H groups in total. The number of hydrogen-bond donors (Lipinski definition) is 0. The van der Waals surface area contributed by atoms with E-state index in [1.54, 1.807) is 0 Å². The van der Waals surface area contributed by atoms with Gasteiger partial charge in [-0.25, -0.2) is 4.98 Å². The molecule has 0 aliphatic carbocycles. The highest BCUT2D eigenvalue weighted by atomic mass is 79.9. The van der Waals surface area contributed by atoms with Gasteiger partial charge in [-0.15, -0.1) is 0 Å². The first-order chi connectivity index (χ1) is 11.1. The van der Waals surface area contributed by atoms with Crippen LogP contribution in [0.5, 0.6) is 0 Å². The Bertz CT molecular complexity index is 931. The van der Waals surface area contributed by atoms with Gasteiger partial charge in [-0.1, -0.05) is 25.1 Å². The van der Waals surface area contributed by atoms with Gasteiger partial charge in [0.2, 0.25) is 0 Å². The van der Waals surface area contributed by atoms with Crippen LogP contribution in [0.4, 0.5) is 5.69 Å². The summed E-state index contributed by atoms with van der Waals surface area (Å²) in [5.74, 6) is 0.353. The molecule has 0 bridgehead atoms. The second-order valence-electron chi connectivity index (χ2n) is 6.00. The second-order valence-corrected chi connectivity index (χ2v) is 6.91. The predicted octanol–water partition coefficient (Wildman–Crippen LogP) is 4.17. The Kier molecular flexibility index (Phi) is 3.27. The van der Waals surface area contributed by atoms with E-state index >= 15 is 0 Å². The summed E-state index contributed by atoms with van der Waals surface area (Å²) in [6.45, 7) is 4.75. The zero-order valence-electron chi connectivity index (χ0n) is 13.0. The molecule has 23 heavy (non-hydrogen) atoms. The average molecular weight is 370 g/mol. The zero-order chi connectivity index (χ0) is 16.1. The quantitative estimate of drug-likeness (QED) is 0.645. The van der Waals surface area contributed by atoms with Crippen LogP contribution < -0.4 is 4.90 Å². The van der Waals surface area contributed by atoms with Gasteiger partial charge in [0.05, 0.1) is 5.69 Å². The minimum atomic E-state index is 0.00454. The van der Waals surface area contributed by atoms with Crippen LogP contribution >= 0.6 is 15.9 Å². The van der Waals surface area contributed by atoms with E-state index in [9.17, 15) is 4.79 Å². The molecule has 1 aliphatic rings. The lowest BCUT2D eigenvalue weighted by molar-refractivity contribution is 0.0982. The van der Waals surface area contributed by atoms with E-state index in [0.29, 0.717) is 18.2 Å². The average Bonchev–Trinajstić information content (AvgIpc) is 3.04. The number of fused-ring (bicyclic) bond motifs is 2. The minimum absolute atomic E-state index is 0.00454. The molecule has 1 unspecified atom stereocenters. The molecule has 1 aliphatic heterocycles. The third kappa shape index (κ3) is 2.18. The lowest BCUT2D eigenvalue weighted by Gasteiger charge is -2.18. The van der Waals surface area contributed by atoms with E-state index < -0.39 is 0 Å². The van der Waals surface area contributed by atoms with Crippen LogP contribution in [-0.4, -0.2) is 21.8 Å². The molecule has 3 heterocycles. The Balaban J connectivity index is 1.85. The van der Waals surface area contributed by atoms with Crippen molar-refractivity contribution in [1.82, 2.24) is 9.38 Å². The van der Waals surface area contributed by atoms with Crippen molar-refractivity contribution in [3.8, 4) is 0 Å². The molecular formula is C18H16BrN3O. The molecule has 0 saturated heterocycles. The summed E-state index contributed by atoms with van der Waals surface area (Å²) >= 11 is 3.47. The number of aromatic nitrogens is 2. The maximum Gasteiger partial charge on any atom is 0.277 e. The van der Waals surface area contributed by atoms with Crippen LogP contribution in [0.25, 0.3) is 5.65 Å². The number of carbonyl (C=O) groups is 1. The van der Waals surface area contributed by atoms with Crippen molar-refractivity contribution in [3.63, 3.8) is 0 Å². The Morgan fingerprint density at radius 1 is 1.26 bits per heavy atom. The van der Waals surface area contributed by atoms with E-state index in [1.165, 1.54) is 5.56 Å². The number of anilines is 1. The van der Waals surface area contributed by atoms with Crippen LogP contribution in [0.15, 0.2) is 47.1 Å². The maximum atomic E-state index is 13.2. The van der Waals surface area contributed by atoms with Crippen molar-refractivity contribution in [2.24, 2.45) is 0 Å². The van der Waals surface area contributed by atoms with Gasteiger partial charge in [0, 0.05) is 28.8 Å². The first kappa shape index (κ1) is 14.5. The van der Waals surface area contributed by atoms with Crippen molar-refractivity contribution in [2.75, 3.05) is 11.4 Å². The van der Waals surface area contributed by atoms with Crippen LogP contribution in [0.2, 0.25) is 0 Å². The van der Waals surface area contributed by atoms with Crippen LogP contribution in [0.3, 0.4) is 0 Å². The van der Waals surface area contributed by atoms with Gasteiger partial charge in [0.1, 0.15) is 11.3 Å². The third-order valence-corrected chi connectivity index (χ3v) is 4.89. The van der Waals surface area contributed by atoms with E-state index in [2.05, 4.69) is 33.9 Å². The van der Waals surface area contributed by atoms with E-state index in [0.717, 1.165) is 21.5 Å². The molecule has 1 amide bonds. The second kappa shape index (κ2) is 5.20. The fraction of sp³-hybridized carbons (Fsp3) is 0.222. The van der Waals surface area contributed by atoms with Crippen LogP contribution in [0, 0.1) is 6.92 Å². The molecule has 116 valence electrons. The van der Waals surface area contributed by atoms with Gasteiger partial charge >= 0.3 is 0 Å².